The average Bonchev–Trinajstić information content (AvgIpc) is 2.35. The Bertz CT molecular complexity index is 464. The quantitative estimate of drug-likeness (QED) is 0.818. The molecular weight excluding hydrogens is 242 g/mol. The van der Waals surface area contributed by atoms with Gasteiger partial charge in [-0.2, -0.15) is 4.98 Å². The summed E-state index contributed by atoms with van der Waals surface area (Å²) in [4.78, 5) is 29.5. The summed E-state index contributed by atoms with van der Waals surface area (Å²) in [5.41, 5.74) is 1.78. The van der Waals surface area contributed by atoms with E-state index in [2.05, 4.69) is 29.1 Å². The highest BCUT2D eigenvalue weighted by atomic mass is 16.1. The fraction of sp³-hybridized carbons (Fsp3) is 0.643. The maximum atomic E-state index is 11.9. The third-order valence-electron chi connectivity index (χ3n) is 3.53. The Morgan fingerprint density at radius 2 is 1.95 bits per heavy atom. The van der Waals surface area contributed by atoms with Crippen molar-refractivity contribution < 1.29 is 4.79 Å². The first-order chi connectivity index (χ1) is 8.97. The maximum Gasteiger partial charge on any atom is 0.345 e. The molecule has 0 aliphatic rings. The molecule has 1 amide bonds. The topological polar surface area (TPSA) is 74.8 Å². The molecule has 0 saturated heterocycles. The minimum atomic E-state index is -0.365. The summed E-state index contributed by atoms with van der Waals surface area (Å²) in [5, 5.41) is 2.94. The van der Waals surface area contributed by atoms with Gasteiger partial charge in [-0.05, 0) is 19.8 Å². The summed E-state index contributed by atoms with van der Waals surface area (Å²) in [6.07, 6.45) is 2.39. The lowest BCUT2D eigenvalue weighted by Crippen LogP contribution is -2.31. The van der Waals surface area contributed by atoms with Crippen molar-refractivity contribution in [3.05, 3.63) is 27.4 Å². The smallest absolute Gasteiger partial charge is 0.345 e. The van der Waals surface area contributed by atoms with Gasteiger partial charge in [-0.25, -0.2) is 4.79 Å². The Balaban J connectivity index is 2.65. The van der Waals surface area contributed by atoms with Crippen molar-refractivity contribution in [2.24, 2.45) is 5.92 Å². The predicted octanol–water partition coefficient (Wildman–Crippen LogP) is 1.48. The zero-order valence-corrected chi connectivity index (χ0v) is 12.2. The fourth-order valence-electron chi connectivity index (χ4n) is 2.07. The van der Waals surface area contributed by atoms with Crippen LogP contribution in [0.25, 0.3) is 0 Å². The summed E-state index contributed by atoms with van der Waals surface area (Å²) < 4.78 is 0. The van der Waals surface area contributed by atoms with Crippen LogP contribution in [0.2, 0.25) is 0 Å². The largest absolute Gasteiger partial charge is 0.356 e. The number of hydrogen-bond acceptors (Lipinski definition) is 3. The zero-order chi connectivity index (χ0) is 14.4. The second-order valence-corrected chi connectivity index (χ2v) is 4.89. The summed E-state index contributed by atoms with van der Waals surface area (Å²) >= 11 is 0. The molecule has 0 unspecified atom stereocenters. The number of nitrogens with one attached hydrogen (secondary N) is 2. The molecule has 5 heteroatoms. The maximum absolute atomic E-state index is 11.9. The van der Waals surface area contributed by atoms with Crippen LogP contribution in [0, 0.1) is 19.8 Å². The molecule has 0 aliphatic carbocycles. The second kappa shape index (κ2) is 7.07. The van der Waals surface area contributed by atoms with Crippen LogP contribution in [0.15, 0.2) is 4.79 Å². The Labute approximate surface area is 113 Å². The number of amides is 1. The van der Waals surface area contributed by atoms with Gasteiger partial charge in [0.25, 0.3) is 0 Å². The molecular formula is C14H23N3O2. The number of carbonyl (C=O) groups excluding carboxylic acids is 1. The number of nitrogens with zero attached hydrogens (tertiary/aromatic N) is 1. The molecule has 0 fully saturated rings. The average molecular weight is 265 g/mol. The molecule has 0 spiro atoms. The number of H-pyrrole nitrogens is 1. The summed E-state index contributed by atoms with van der Waals surface area (Å²) in [5.74, 6) is 0.506. The number of carbonyl (C=O) groups is 1. The van der Waals surface area contributed by atoms with Crippen molar-refractivity contribution in [2.75, 3.05) is 6.54 Å². The first-order valence-corrected chi connectivity index (χ1v) is 6.81. The summed E-state index contributed by atoms with van der Waals surface area (Å²) in [6, 6.07) is 0. The van der Waals surface area contributed by atoms with E-state index in [1.165, 1.54) is 0 Å². The molecule has 2 N–H and O–H groups in total. The molecule has 5 nitrogen and oxygen atoms in total. The number of aryl methyl sites for hydroxylation is 2. The molecule has 1 heterocycles. The first kappa shape index (κ1) is 15.4. The van der Waals surface area contributed by atoms with Crippen LogP contribution in [-0.2, 0) is 11.2 Å². The Morgan fingerprint density at radius 1 is 1.32 bits per heavy atom. The molecule has 1 aromatic rings. The van der Waals surface area contributed by atoms with Crippen molar-refractivity contribution in [1.29, 1.82) is 0 Å². The third-order valence-corrected chi connectivity index (χ3v) is 3.53. The van der Waals surface area contributed by atoms with Crippen molar-refractivity contribution >= 4 is 5.91 Å². The van der Waals surface area contributed by atoms with E-state index in [0.29, 0.717) is 18.2 Å². The minimum Gasteiger partial charge on any atom is -0.356 e. The van der Waals surface area contributed by atoms with E-state index in [0.717, 1.165) is 24.1 Å². The standard InChI is InChI=1S/C14H23N3O2/c1-5-11(6-2)8-15-13(18)7-12-9(3)16-14(19)17-10(12)4/h11H,5-8H2,1-4H3,(H,15,18)(H,16,17,19). The lowest BCUT2D eigenvalue weighted by atomic mass is 10.0. The normalized spacial score (nSPS) is 10.8. The first-order valence-electron chi connectivity index (χ1n) is 6.81. The number of hydrogen-bond donors (Lipinski definition) is 2. The SMILES string of the molecule is CCC(CC)CNC(=O)Cc1c(C)nc(=O)[nH]c1C. The molecule has 0 radical (unpaired) electrons. The van der Waals surface area contributed by atoms with Gasteiger partial charge in [-0.3, -0.25) is 4.79 Å². The van der Waals surface area contributed by atoms with Gasteiger partial charge in [0.2, 0.25) is 5.91 Å². The van der Waals surface area contributed by atoms with Crippen LogP contribution >= 0.6 is 0 Å². The zero-order valence-electron chi connectivity index (χ0n) is 12.2. The van der Waals surface area contributed by atoms with Gasteiger partial charge < -0.3 is 10.3 Å². The molecule has 1 rings (SSSR count). The number of aromatic nitrogens is 2. The lowest BCUT2D eigenvalue weighted by molar-refractivity contribution is -0.120. The molecule has 19 heavy (non-hydrogen) atoms. The molecule has 0 aliphatic heterocycles. The minimum absolute atomic E-state index is 0.0213. The van der Waals surface area contributed by atoms with Crippen LogP contribution in [0.1, 0.15) is 43.6 Å². The van der Waals surface area contributed by atoms with Gasteiger partial charge >= 0.3 is 5.69 Å². The molecule has 0 aromatic carbocycles. The van der Waals surface area contributed by atoms with Crippen molar-refractivity contribution in [2.45, 2.75) is 47.0 Å². The Hall–Kier alpha value is -1.65. The lowest BCUT2D eigenvalue weighted by Gasteiger charge is -2.14. The molecule has 0 atom stereocenters. The molecule has 1 aromatic heterocycles. The van der Waals surface area contributed by atoms with E-state index in [1.54, 1.807) is 13.8 Å². The highest BCUT2D eigenvalue weighted by Crippen LogP contribution is 2.08. The summed E-state index contributed by atoms with van der Waals surface area (Å²) in [7, 11) is 0. The highest BCUT2D eigenvalue weighted by Gasteiger charge is 2.12. The fourth-order valence-corrected chi connectivity index (χ4v) is 2.07. The van der Waals surface area contributed by atoms with Crippen LogP contribution in [0.5, 0.6) is 0 Å². The van der Waals surface area contributed by atoms with Crippen molar-refractivity contribution in [3.8, 4) is 0 Å². The van der Waals surface area contributed by atoms with Crippen LogP contribution in [0.4, 0.5) is 0 Å². The number of aromatic amines is 1. The van der Waals surface area contributed by atoms with Crippen LogP contribution < -0.4 is 11.0 Å². The van der Waals surface area contributed by atoms with E-state index in [1.807, 2.05) is 0 Å². The van der Waals surface area contributed by atoms with Crippen LogP contribution in [0.3, 0.4) is 0 Å². The van der Waals surface area contributed by atoms with Gasteiger partial charge in [-0.15, -0.1) is 0 Å². The molecule has 106 valence electrons. The van der Waals surface area contributed by atoms with E-state index in [4.69, 9.17) is 0 Å². The van der Waals surface area contributed by atoms with Gasteiger partial charge in [0.1, 0.15) is 0 Å². The van der Waals surface area contributed by atoms with Crippen molar-refractivity contribution in [3.63, 3.8) is 0 Å². The molecule has 0 bridgehead atoms. The van der Waals surface area contributed by atoms with Crippen molar-refractivity contribution in [1.82, 2.24) is 15.3 Å². The van der Waals surface area contributed by atoms with Crippen LogP contribution in [-0.4, -0.2) is 22.4 Å². The third kappa shape index (κ3) is 4.50. The van der Waals surface area contributed by atoms with E-state index < -0.39 is 0 Å². The summed E-state index contributed by atoms with van der Waals surface area (Å²) in [6.45, 7) is 8.51. The molecule has 0 saturated carbocycles. The monoisotopic (exact) mass is 265 g/mol. The van der Waals surface area contributed by atoms with Gasteiger partial charge in [0, 0.05) is 23.5 Å². The number of rotatable bonds is 6. The predicted molar refractivity (Wildman–Crippen MR) is 75.1 cm³/mol. The Morgan fingerprint density at radius 3 is 2.47 bits per heavy atom. The van der Waals surface area contributed by atoms with E-state index in [-0.39, 0.29) is 18.0 Å². The van der Waals surface area contributed by atoms with Gasteiger partial charge in [-0.1, -0.05) is 26.7 Å². The van der Waals surface area contributed by atoms with E-state index in [9.17, 15) is 9.59 Å². The second-order valence-electron chi connectivity index (χ2n) is 4.89. The van der Waals surface area contributed by atoms with E-state index >= 15 is 0 Å². The van der Waals surface area contributed by atoms with Gasteiger partial charge in [0.05, 0.1) is 6.42 Å². The Kier molecular flexibility index (Phi) is 5.73. The van der Waals surface area contributed by atoms with Gasteiger partial charge in [0.15, 0.2) is 0 Å². The highest BCUT2D eigenvalue weighted by molar-refractivity contribution is 5.79.